The van der Waals surface area contributed by atoms with Crippen LogP contribution in [0.15, 0.2) is 47.2 Å². The van der Waals surface area contributed by atoms with Crippen LogP contribution in [-0.2, 0) is 11.3 Å². The van der Waals surface area contributed by atoms with E-state index in [2.05, 4.69) is 36.8 Å². The summed E-state index contributed by atoms with van der Waals surface area (Å²) < 4.78 is 6.70. The van der Waals surface area contributed by atoms with Crippen LogP contribution in [0.1, 0.15) is 36.0 Å². The molecular weight excluding hydrogens is 486 g/mol. The first-order valence-electron chi connectivity index (χ1n) is 12.2. The number of anilines is 2. The molecule has 0 saturated carbocycles. The van der Waals surface area contributed by atoms with Crippen molar-refractivity contribution >= 4 is 34.4 Å². The van der Waals surface area contributed by atoms with Gasteiger partial charge in [0.1, 0.15) is 5.82 Å². The van der Waals surface area contributed by atoms with E-state index in [-0.39, 0.29) is 18.2 Å². The maximum Gasteiger partial charge on any atom is 0.242 e. The fraction of sp³-hybridized carbons (Fsp3) is 0.308. The van der Waals surface area contributed by atoms with Gasteiger partial charge in [0.05, 0.1) is 23.6 Å². The number of pyridine rings is 1. The first-order valence-corrected chi connectivity index (χ1v) is 12.2. The molecule has 0 bridgehead atoms. The Kier molecular flexibility index (Phi) is 8.76. The summed E-state index contributed by atoms with van der Waals surface area (Å²) in [6, 6.07) is 9.95. The first kappa shape index (κ1) is 26.5. The number of Topliss-reactive ketones (excluding diaryl/α,β-unsaturated/α-hetero) is 1. The molecule has 0 unspecified atom stereocenters. The third-order valence-corrected chi connectivity index (χ3v) is 5.86. The summed E-state index contributed by atoms with van der Waals surface area (Å²) in [6.45, 7) is 0.998. The van der Waals surface area contributed by atoms with Gasteiger partial charge in [-0.05, 0) is 54.0 Å². The second-order valence-electron chi connectivity index (χ2n) is 8.59. The summed E-state index contributed by atoms with van der Waals surface area (Å²) >= 11 is 0. The highest BCUT2D eigenvalue weighted by molar-refractivity contribution is 5.98. The molecule has 1 atom stereocenters. The normalized spacial score (nSPS) is 11.7. The van der Waals surface area contributed by atoms with E-state index in [1.165, 1.54) is 6.20 Å². The topological polar surface area (TPSA) is 180 Å². The van der Waals surface area contributed by atoms with Crippen molar-refractivity contribution in [3.8, 4) is 23.9 Å². The number of hydrogen-bond donors (Lipinski definition) is 4. The number of nitrogens with zero attached hydrogens (tertiary/aromatic N) is 5. The number of benzene rings is 1. The number of amides is 1. The first-order chi connectivity index (χ1) is 18.5. The van der Waals surface area contributed by atoms with Crippen molar-refractivity contribution in [2.24, 2.45) is 11.5 Å². The number of carbonyl (C=O) groups is 2. The number of aromatic nitrogens is 5. The van der Waals surface area contributed by atoms with Crippen LogP contribution < -0.4 is 22.1 Å². The van der Waals surface area contributed by atoms with Gasteiger partial charge < -0.3 is 26.7 Å². The summed E-state index contributed by atoms with van der Waals surface area (Å²) in [5.41, 5.74) is 13.6. The largest absolute Gasteiger partial charge is 0.364 e. The number of nitrogens with two attached hydrogens (primary N) is 2. The van der Waals surface area contributed by atoms with Crippen molar-refractivity contribution in [3.63, 3.8) is 0 Å². The van der Waals surface area contributed by atoms with Crippen molar-refractivity contribution in [1.29, 1.82) is 0 Å². The molecule has 4 rings (SSSR count). The van der Waals surface area contributed by atoms with E-state index in [1.807, 2.05) is 24.3 Å². The lowest BCUT2D eigenvalue weighted by Gasteiger charge is -2.12. The van der Waals surface area contributed by atoms with E-state index in [0.29, 0.717) is 60.2 Å². The maximum atomic E-state index is 13.3. The van der Waals surface area contributed by atoms with Crippen LogP contribution in [0, 0.1) is 12.3 Å². The van der Waals surface area contributed by atoms with Crippen LogP contribution >= 0.6 is 0 Å². The monoisotopic (exact) mass is 515 g/mol. The van der Waals surface area contributed by atoms with Gasteiger partial charge in [-0.25, -0.2) is 14.6 Å². The zero-order valence-electron chi connectivity index (χ0n) is 20.8. The van der Waals surface area contributed by atoms with Crippen LogP contribution in [0.5, 0.6) is 0 Å². The van der Waals surface area contributed by atoms with Crippen molar-refractivity contribution in [1.82, 2.24) is 24.8 Å². The van der Waals surface area contributed by atoms with Crippen LogP contribution in [0.25, 0.3) is 22.6 Å². The highest BCUT2D eigenvalue weighted by Crippen LogP contribution is 2.28. The summed E-state index contributed by atoms with van der Waals surface area (Å²) in [5.74, 6) is 3.12. The zero-order chi connectivity index (χ0) is 26.9. The number of rotatable bonds is 13. The Balaban J connectivity index is 1.51. The minimum Gasteiger partial charge on any atom is -0.364 e. The molecule has 0 aliphatic carbocycles. The summed E-state index contributed by atoms with van der Waals surface area (Å²) in [7, 11) is 0. The van der Waals surface area contributed by atoms with E-state index in [9.17, 15) is 9.59 Å². The van der Waals surface area contributed by atoms with E-state index >= 15 is 0 Å². The Morgan fingerprint density at radius 2 is 2.00 bits per heavy atom. The van der Waals surface area contributed by atoms with E-state index in [4.69, 9.17) is 22.5 Å². The van der Waals surface area contributed by atoms with Crippen LogP contribution in [-0.4, -0.2) is 55.7 Å². The standard InChI is InChI=1S/C26H29N9O3/c1-2-3-14-29-24-23(33-38-34-24)25-31-19-9-4-5-10-20(19)35(25)16-21(36)17-11-12-22(30-15-17)32-26(37)18(28)8-6-7-13-27/h1,4-5,9-12,15,18H,3,6-8,13-14,16,27-28H2,(H,29,34)(H,30,32,37)/t18-/m0/s1. The maximum absolute atomic E-state index is 13.3. The van der Waals surface area contributed by atoms with Crippen LogP contribution in [0.3, 0.4) is 0 Å². The molecular formula is C26H29N9O3. The van der Waals surface area contributed by atoms with E-state index in [0.717, 1.165) is 18.4 Å². The number of carbonyl (C=O) groups excluding carboxylic acids is 2. The van der Waals surface area contributed by atoms with Gasteiger partial charge in [0.2, 0.25) is 11.7 Å². The quantitative estimate of drug-likeness (QED) is 0.117. The molecule has 0 aliphatic heterocycles. The van der Waals surface area contributed by atoms with Gasteiger partial charge in [-0.2, -0.15) is 0 Å². The lowest BCUT2D eigenvalue weighted by Crippen LogP contribution is -2.35. The van der Waals surface area contributed by atoms with Crippen LogP contribution in [0.4, 0.5) is 11.6 Å². The van der Waals surface area contributed by atoms with Gasteiger partial charge in [-0.15, -0.1) is 12.3 Å². The molecule has 6 N–H and O–H groups in total. The van der Waals surface area contributed by atoms with E-state index < -0.39 is 6.04 Å². The fourth-order valence-corrected chi connectivity index (χ4v) is 3.85. The smallest absolute Gasteiger partial charge is 0.242 e. The molecule has 38 heavy (non-hydrogen) atoms. The number of fused-ring (bicyclic) bond motifs is 1. The average Bonchev–Trinajstić information content (AvgIpc) is 3.53. The van der Waals surface area contributed by atoms with Gasteiger partial charge in [0.15, 0.2) is 17.3 Å². The zero-order valence-corrected chi connectivity index (χ0v) is 20.8. The minimum absolute atomic E-state index is 0.0358. The predicted octanol–water partition coefficient (Wildman–Crippen LogP) is 2.19. The number of hydrogen-bond acceptors (Lipinski definition) is 10. The van der Waals surface area contributed by atoms with E-state index in [1.54, 1.807) is 16.7 Å². The summed E-state index contributed by atoms with van der Waals surface area (Å²) in [4.78, 5) is 34.5. The molecule has 0 radical (unpaired) electrons. The molecule has 4 aromatic rings. The minimum atomic E-state index is -0.658. The fourth-order valence-electron chi connectivity index (χ4n) is 3.85. The Morgan fingerprint density at radius 1 is 1.16 bits per heavy atom. The highest BCUT2D eigenvalue weighted by Gasteiger charge is 2.22. The number of imidazole rings is 1. The van der Waals surface area contributed by atoms with Gasteiger partial charge in [-0.3, -0.25) is 9.59 Å². The molecule has 12 heteroatoms. The third-order valence-electron chi connectivity index (χ3n) is 5.86. The molecule has 12 nitrogen and oxygen atoms in total. The lowest BCUT2D eigenvalue weighted by atomic mass is 10.1. The van der Waals surface area contributed by atoms with Crippen molar-refractivity contribution in [2.45, 2.75) is 38.3 Å². The number of unbranched alkanes of at least 4 members (excludes halogenated alkanes) is 1. The highest BCUT2D eigenvalue weighted by atomic mass is 16.6. The molecule has 1 aromatic carbocycles. The molecule has 196 valence electrons. The number of terminal acetylenes is 1. The molecule has 0 spiro atoms. The van der Waals surface area contributed by atoms with Gasteiger partial charge in [-0.1, -0.05) is 18.6 Å². The van der Waals surface area contributed by atoms with Gasteiger partial charge >= 0.3 is 0 Å². The third kappa shape index (κ3) is 6.20. The van der Waals surface area contributed by atoms with Crippen molar-refractivity contribution in [3.05, 3.63) is 48.2 Å². The Bertz CT molecular complexity index is 1440. The molecule has 0 saturated heterocycles. The van der Waals surface area contributed by atoms with Crippen molar-refractivity contribution < 1.29 is 14.2 Å². The Morgan fingerprint density at radius 3 is 2.76 bits per heavy atom. The molecule has 3 aromatic heterocycles. The average molecular weight is 516 g/mol. The second-order valence-corrected chi connectivity index (χ2v) is 8.59. The van der Waals surface area contributed by atoms with Gasteiger partial charge in [0.25, 0.3) is 0 Å². The molecule has 1 amide bonds. The summed E-state index contributed by atoms with van der Waals surface area (Å²) in [5, 5.41) is 13.7. The molecule has 0 fully saturated rings. The number of para-hydroxylation sites is 2. The van der Waals surface area contributed by atoms with Crippen molar-refractivity contribution in [2.75, 3.05) is 23.7 Å². The Labute approximate surface area is 219 Å². The molecule has 0 aliphatic rings. The van der Waals surface area contributed by atoms with Crippen LogP contribution in [0.2, 0.25) is 0 Å². The number of nitrogens with one attached hydrogen (secondary N) is 2. The number of ketones is 1. The summed E-state index contributed by atoms with van der Waals surface area (Å²) in [6.07, 6.45) is 9.35. The lowest BCUT2D eigenvalue weighted by molar-refractivity contribution is -0.117. The molecule has 3 heterocycles. The SMILES string of the molecule is C#CCCNc1nonc1-c1nc2ccccc2n1CC(=O)c1ccc(NC(=O)[C@@H](N)CCCCN)nc1. The second kappa shape index (κ2) is 12.6. The Hall–Kier alpha value is -4.60. The predicted molar refractivity (Wildman–Crippen MR) is 143 cm³/mol. The van der Waals surface area contributed by atoms with Gasteiger partial charge in [0, 0.05) is 24.7 Å².